The van der Waals surface area contributed by atoms with Crippen LogP contribution in [0.15, 0.2) is 83.1 Å². The van der Waals surface area contributed by atoms with E-state index in [0.717, 1.165) is 0 Å². The Morgan fingerprint density at radius 3 is 2.59 bits per heavy atom. The third kappa shape index (κ3) is 5.39. The standard InChI is InChI=1S/C20H18N4O4S/c1-28-18-9-7-17(8-10-18)24-29(26,27)19-6-2-5-16(12-19)20(25)23-22-14-15-4-3-11-21-13-15/h2-14,24H,1H3,(H,23,25)/b22-14-. The molecule has 0 aliphatic rings. The number of hydrazone groups is 1. The van der Waals surface area contributed by atoms with Crippen molar-refractivity contribution in [2.75, 3.05) is 11.8 Å². The van der Waals surface area contributed by atoms with Gasteiger partial charge in [0.25, 0.3) is 15.9 Å². The van der Waals surface area contributed by atoms with Crippen LogP contribution in [0.25, 0.3) is 0 Å². The maximum absolute atomic E-state index is 12.6. The van der Waals surface area contributed by atoms with Crippen LogP contribution in [0.4, 0.5) is 5.69 Å². The van der Waals surface area contributed by atoms with Crippen LogP contribution in [0.1, 0.15) is 15.9 Å². The van der Waals surface area contributed by atoms with Crippen molar-refractivity contribution >= 4 is 27.8 Å². The van der Waals surface area contributed by atoms with E-state index < -0.39 is 15.9 Å². The summed E-state index contributed by atoms with van der Waals surface area (Å²) in [5.41, 5.74) is 3.61. The molecule has 8 nitrogen and oxygen atoms in total. The number of benzene rings is 2. The summed E-state index contributed by atoms with van der Waals surface area (Å²) in [5.74, 6) is 0.0742. The molecule has 2 aromatic carbocycles. The summed E-state index contributed by atoms with van der Waals surface area (Å²) in [7, 11) is -2.35. The number of amides is 1. The monoisotopic (exact) mass is 410 g/mol. The number of hydrogen-bond donors (Lipinski definition) is 2. The molecular formula is C20H18N4O4S. The number of pyridine rings is 1. The fourth-order valence-electron chi connectivity index (χ4n) is 2.36. The molecule has 9 heteroatoms. The van der Waals surface area contributed by atoms with E-state index in [1.54, 1.807) is 48.8 Å². The second-order valence-corrected chi connectivity index (χ2v) is 7.53. The largest absolute Gasteiger partial charge is 0.497 e. The predicted molar refractivity (Wildman–Crippen MR) is 110 cm³/mol. The number of aromatic nitrogens is 1. The molecule has 0 saturated heterocycles. The van der Waals surface area contributed by atoms with Gasteiger partial charge in [-0.15, -0.1) is 0 Å². The summed E-state index contributed by atoms with van der Waals surface area (Å²) in [5, 5.41) is 3.85. The van der Waals surface area contributed by atoms with Crippen LogP contribution in [-0.4, -0.2) is 32.6 Å². The van der Waals surface area contributed by atoms with Gasteiger partial charge in [0.1, 0.15) is 5.75 Å². The first kappa shape index (κ1) is 20.0. The average Bonchev–Trinajstić information content (AvgIpc) is 2.75. The molecule has 2 N–H and O–H groups in total. The topological polar surface area (TPSA) is 110 Å². The lowest BCUT2D eigenvalue weighted by atomic mass is 10.2. The number of methoxy groups -OCH3 is 1. The van der Waals surface area contributed by atoms with Gasteiger partial charge in [-0.25, -0.2) is 13.8 Å². The minimum atomic E-state index is -3.87. The van der Waals surface area contributed by atoms with Gasteiger partial charge in [0.2, 0.25) is 0 Å². The van der Waals surface area contributed by atoms with Crippen molar-refractivity contribution in [2.45, 2.75) is 4.90 Å². The van der Waals surface area contributed by atoms with Gasteiger partial charge in [-0.3, -0.25) is 14.5 Å². The highest BCUT2D eigenvalue weighted by molar-refractivity contribution is 7.92. The van der Waals surface area contributed by atoms with Gasteiger partial charge in [0.05, 0.1) is 18.2 Å². The Labute approximate surface area is 168 Å². The van der Waals surface area contributed by atoms with Crippen molar-refractivity contribution in [2.24, 2.45) is 5.10 Å². The van der Waals surface area contributed by atoms with Crippen molar-refractivity contribution in [1.29, 1.82) is 0 Å². The first-order valence-corrected chi connectivity index (χ1v) is 9.96. The van der Waals surface area contributed by atoms with Gasteiger partial charge in [0.15, 0.2) is 0 Å². The molecular weight excluding hydrogens is 392 g/mol. The summed E-state index contributed by atoms with van der Waals surface area (Å²) in [4.78, 5) is 16.2. The van der Waals surface area contributed by atoms with E-state index in [4.69, 9.17) is 4.74 Å². The van der Waals surface area contributed by atoms with Gasteiger partial charge in [-0.2, -0.15) is 5.10 Å². The fourth-order valence-corrected chi connectivity index (χ4v) is 3.46. The average molecular weight is 410 g/mol. The van der Waals surface area contributed by atoms with E-state index in [2.05, 4.69) is 20.2 Å². The van der Waals surface area contributed by atoms with Crippen molar-refractivity contribution in [3.63, 3.8) is 0 Å². The highest BCUT2D eigenvalue weighted by Gasteiger charge is 2.16. The predicted octanol–water partition coefficient (Wildman–Crippen LogP) is 2.65. The number of nitrogens with zero attached hydrogens (tertiary/aromatic N) is 2. The van der Waals surface area contributed by atoms with E-state index in [-0.39, 0.29) is 10.5 Å². The number of sulfonamides is 1. The molecule has 1 heterocycles. The summed E-state index contributed by atoms with van der Waals surface area (Å²) < 4.78 is 32.8. The maximum Gasteiger partial charge on any atom is 0.271 e. The number of carbonyl (C=O) groups excluding carboxylic acids is 1. The van der Waals surface area contributed by atoms with Gasteiger partial charge in [-0.05, 0) is 48.5 Å². The van der Waals surface area contributed by atoms with Crippen molar-refractivity contribution in [3.8, 4) is 5.75 Å². The SMILES string of the molecule is COc1ccc(NS(=O)(=O)c2cccc(C(=O)N/N=C\c3cccnc3)c2)cc1. The molecule has 29 heavy (non-hydrogen) atoms. The van der Waals surface area contributed by atoms with Crippen LogP contribution in [0, 0.1) is 0 Å². The van der Waals surface area contributed by atoms with Crippen LogP contribution < -0.4 is 14.9 Å². The molecule has 0 aliphatic heterocycles. The smallest absolute Gasteiger partial charge is 0.271 e. The molecule has 148 valence electrons. The molecule has 0 aliphatic carbocycles. The van der Waals surface area contributed by atoms with E-state index >= 15 is 0 Å². The van der Waals surface area contributed by atoms with Gasteiger partial charge < -0.3 is 4.74 Å². The Balaban J connectivity index is 1.71. The molecule has 1 aromatic heterocycles. The van der Waals surface area contributed by atoms with Crippen LogP contribution >= 0.6 is 0 Å². The first-order chi connectivity index (χ1) is 14.0. The van der Waals surface area contributed by atoms with Crippen LogP contribution in [0.3, 0.4) is 0 Å². The van der Waals surface area contributed by atoms with Crippen LogP contribution in [0.5, 0.6) is 5.75 Å². The Morgan fingerprint density at radius 2 is 1.90 bits per heavy atom. The van der Waals surface area contributed by atoms with Gasteiger partial charge >= 0.3 is 0 Å². The van der Waals surface area contributed by atoms with Gasteiger partial charge in [-0.1, -0.05) is 12.1 Å². The lowest BCUT2D eigenvalue weighted by Crippen LogP contribution is -2.19. The van der Waals surface area contributed by atoms with Crippen molar-refractivity contribution in [1.82, 2.24) is 10.4 Å². The highest BCUT2D eigenvalue weighted by Crippen LogP contribution is 2.20. The molecule has 0 atom stereocenters. The van der Waals surface area contributed by atoms with E-state index in [9.17, 15) is 13.2 Å². The van der Waals surface area contributed by atoms with E-state index in [1.807, 2.05) is 0 Å². The molecule has 0 bridgehead atoms. The third-order valence-electron chi connectivity index (χ3n) is 3.81. The Kier molecular flexibility index (Phi) is 6.20. The molecule has 0 unspecified atom stereocenters. The Hall–Kier alpha value is -3.72. The third-order valence-corrected chi connectivity index (χ3v) is 5.19. The van der Waals surface area contributed by atoms with Crippen LogP contribution in [0.2, 0.25) is 0 Å². The number of nitrogens with one attached hydrogen (secondary N) is 2. The summed E-state index contributed by atoms with van der Waals surface area (Å²) in [6, 6.07) is 15.6. The molecule has 0 spiro atoms. The molecule has 0 saturated carbocycles. The normalized spacial score (nSPS) is 11.2. The maximum atomic E-state index is 12.6. The van der Waals surface area contributed by atoms with Crippen molar-refractivity contribution in [3.05, 3.63) is 84.2 Å². The number of ether oxygens (including phenoxy) is 1. The number of carbonyl (C=O) groups is 1. The zero-order valence-electron chi connectivity index (χ0n) is 15.4. The Morgan fingerprint density at radius 1 is 1.10 bits per heavy atom. The summed E-state index contributed by atoms with van der Waals surface area (Å²) in [6.07, 6.45) is 4.66. The minimum absolute atomic E-state index is 0.0443. The fraction of sp³-hybridized carbons (Fsp3) is 0.0500. The minimum Gasteiger partial charge on any atom is -0.497 e. The second-order valence-electron chi connectivity index (χ2n) is 5.85. The highest BCUT2D eigenvalue weighted by atomic mass is 32.2. The van der Waals surface area contributed by atoms with Crippen molar-refractivity contribution < 1.29 is 17.9 Å². The molecule has 3 rings (SSSR count). The second kappa shape index (κ2) is 8.98. The zero-order valence-corrected chi connectivity index (χ0v) is 16.3. The van der Waals surface area contributed by atoms with E-state index in [1.165, 1.54) is 37.6 Å². The molecule has 0 radical (unpaired) electrons. The summed E-state index contributed by atoms with van der Waals surface area (Å²) in [6.45, 7) is 0. The lowest BCUT2D eigenvalue weighted by molar-refractivity contribution is 0.0955. The van der Waals surface area contributed by atoms with Crippen LogP contribution in [-0.2, 0) is 10.0 Å². The molecule has 1 amide bonds. The lowest BCUT2D eigenvalue weighted by Gasteiger charge is -2.09. The summed E-state index contributed by atoms with van der Waals surface area (Å²) >= 11 is 0. The molecule has 3 aromatic rings. The quantitative estimate of drug-likeness (QED) is 0.460. The van der Waals surface area contributed by atoms with E-state index in [0.29, 0.717) is 17.0 Å². The zero-order chi connectivity index (χ0) is 20.7. The van der Waals surface area contributed by atoms with Gasteiger partial charge in [0, 0.05) is 29.2 Å². The Bertz CT molecular complexity index is 1110. The first-order valence-electron chi connectivity index (χ1n) is 8.48. The number of anilines is 1. The number of hydrogen-bond acceptors (Lipinski definition) is 6. The number of rotatable bonds is 7. The molecule has 0 fully saturated rings.